The Labute approximate surface area is 190 Å². The van der Waals surface area contributed by atoms with Crippen molar-refractivity contribution in [2.75, 3.05) is 32.8 Å². The number of halogens is 3. The molecule has 3 aromatic rings. The molecule has 8 heteroatoms. The van der Waals surface area contributed by atoms with Gasteiger partial charge < -0.3 is 9.64 Å². The highest BCUT2D eigenvalue weighted by Gasteiger charge is 2.21. The first-order valence-electron chi connectivity index (χ1n) is 9.61. The Hall–Kier alpha value is -2.05. The van der Waals surface area contributed by atoms with Crippen molar-refractivity contribution in [3.63, 3.8) is 0 Å². The molecule has 30 heavy (non-hydrogen) atoms. The second kappa shape index (κ2) is 9.40. The summed E-state index contributed by atoms with van der Waals surface area (Å²) in [6.45, 7) is 3.78. The predicted octanol–water partition coefficient (Wildman–Crippen LogP) is 4.92. The van der Waals surface area contributed by atoms with Crippen molar-refractivity contribution in [2.45, 2.75) is 6.54 Å². The minimum absolute atomic E-state index is 0.0489. The average Bonchev–Trinajstić information content (AvgIpc) is 2.74. The number of benzene rings is 2. The molecule has 2 aromatic carbocycles. The van der Waals surface area contributed by atoms with Crippen LogP contribution in [0.2, 0.25) is 15.1 Å². The fourth-order valence-electron chi connectivity index (χ4n) is 3.45. The smallest absolute Gasteiger partial charge is 0.260 e. The van der Waals surface area contributed by atoms with Gasteiger partial charge in [-0.15, -0.1) is 0 Å². The molecule has 1 aliphatic heterocycles. The summed E-state index contributed by atoms with van der Waals surface area (Å²) < 4.78 is 5.63. The number of amides is 1. The molecule has 1 aromatic heterocycles. The van der Waals surface area contributed by atoms with Gasteiger partial charge in [-0.3, -0.25) is 9.69 Å². The van der Waals surface area contributed by atoms with E-state index in [1.807, 2.05) is 35.2 Å². The lowest BCUT2D eigenvalue weighted by Crippen LogP contribution is -2.49. The maximum absolute atomic E-state index is 12.5. The number of aromatic nitrogens is 1. The zero-order valence-electron chi connectivity index (χ0n) is 16.2. The number of ether oxygens (including phenoxy) is 1. The largest absolute Gasteiger partial charge is 0.468 e. The van der Waals surface area contributed by atoms with Gasteiger partial charge >= 0.3 is 0 Å². The summed E-state index contributed by atoms with van der Waals surface area (Å²) in [4.78, 5) is 21.1. The number of piperazine rings is 1. The van der Waals surface area contributed by atoms with Crippen molar-refractivity contribution in [2.24, 2.45) is 0 Å². The quantitative estimate of drug-likeness (QED) is 0.538. The molecule has 1 amide bonds. The zero-order chi connectivity index (χ0) is 21.1. The molecule has 0 atom stereocenters. The van der Waals surface area contributed by atoms with Crippen LogP contribution in [0.15, 0.2) is 48.5 Å². The minimum atomic E-state index is -0.0516. The summed E-state index contributed by atoms with van der Waals surface area (Å²) in [5.41, 5.74) is 1.85. The van der Waals surface area contributed by atoms with Crippen molar-refractivity contribution in [3.05, 3.63) is 69.2 Å². The average molecular weight is 465 g/mol. The first-order chi connectivity index (χ1) is 14.5. The van der Waals surface area contributed by atoms with Crippen molar-refractivity contribution < 1.29 is 9.53 Å². The van der Waals surface area contributed by atoms with Crippen molar-refractivity contribution in [1.82, 2.24) is 14.8 Å². The Bertz CT molecular complexity index is 1050. The molecule has 0 spiro atoms. The number of hydrogen-bond acceptors (Lipinski definition) is 4. The molecule has 1 saturated heterocycles. The van der Waals surface area contributed by atoms with Gasteiger partial charge in [0.15, 0.2) is 6.61 Å². The second-order valence-corrected chi connectivity index (χ2v) is 8.46. The lowest BCUT2D eigenvalue weighted by molar-refractivity contribution is -0.135. The van der Waals surface area contributed by atoms with Crippen LogP contribution in [0, 0.1) is 0 Å². The van der Waals surface area contributed by atoms with Gasteiger partial charge in [-0.25, -0.2) is 4.98 Å². The standard InChI is InChI=1S/C22H20Cl3N3O2/c23-16-3-1-15(2-4-16)13-27-7-9-28(10-8-27)22(29)14-30-21-6-5-18-19(25)11-17(24)12-20(18)26-21/h1-6,11-12H,7-10,13-14H2. The van der Waals surface area contributed by atoms with E-state index in [1.165, 1.54) is 5.56 Å². The van der Waals surface area contributed by atoms with E-state index < -0.39 is 0 Å². The van der Waals surface area contributed by atoms with E-state index in [1.54, 1.807) is 18.2 Å². The highest BCUT2D eigenvalue weighted by molar-refractivity contribution is 6.38. The zero-order valence-corrected chi connectivity index (χ0v) is 18.4. The molecule has 0 N–H and O–H groups in total. The summed E-state index contributed by atoms with van der Waals surface area (Å²) in [6.07, 6.45) is 0. The summed E-state index contributed by atoms with van der Waals surface area (Å²) in [7, 11) is 0. The first kappa shape index (κ1) is 21.2. The van der Waals surface area contributed by atoms with Crippen LogP contribution in [0.3, 0.4) is 0 Å². The molecule has 0 bridgehead atoms. The number of carbonyl (C=O) groups is 1. The van der Waals surface area contributed by atoms with Crippen LogP contribution in [-0.2, 0) is 11.3 Å². The Morgan fingerprint density at radius 2 is 1.67 bits per heavy atom. The predicted molar refractivity (Wildman–Crippen MR) is 121 cm³/mol. The Balaban J connectivity index is 1.29. The number of nitrogens with zero attached hydrogens (tertiary/aromatic N) is 3. The van der Waals surface area contributed by atoms with Gasteiger partial charge in [0, 0.05) is 54.2 Å². The summed E-state index contributed by atoms with van der Waals surface area (Å²) in [6, 6.07) is 14.8. The van der Waals surface area contributed by atoms with E-state index in [0.29, 0.717) is 34.5 Å². The molecule has 156 valence electrons. The minimum Gasteiger partial charge on any atom is -0.468 e. The topological polar surface area (TPSA) is 45.7 Å². The first-order valence-corrected chi connectivity index (χ1v) is 10.7. The normalized spacial score (nSPS) is 14.8. The maximum Gasteiger partial charge on any atom is 0.260 e. The van der Waals surface area contributed by atoms with Gasteiger partial charge in [0.05, 0.1) is 10.5 Å². The van der Waals surface area contributed by atoms with Crippen LogP contribution in [0.4, 0.5) is 0 Å². The van der Waals surface area contributed by atoms with Gasteiger partial charge in [0.1, 0.15) is 0 Å². The molecule has 1 fully saturated rings. The number of hydrogen-bond donors (Lipinski definition) is 0. The molecule has 1 aliphatic rings. The SMILES string of the molecule is O=C(COc1ccc2c(Cl)cc(Cl)cc2n1)N1CCN(Cc2ccc(Cl)cc2)CC1. The van der Waals surface area contributed by atoms with Crippen LogP contribution < -0.4 is 4.74 Å². The van der Waals surface area contributed by atoms with Crippen LogP contribution in [0.5, 0.6) is 5.88 Å². The fourth-order valence-corrected chi connectivity index (χ4v) is 4.12. The third-order valence-corrected chi connectivity index (χ3v) is 5.87. The molecule has 2 heterocycles. The van der Waals surface area contributed by atoms with Crippen molar-refractivity contribution in [3.8, 4) is 5.88 Å². The Morgan fingerprint density at radius 1 is 0.933 bits per heavy atom. The van der Waals surface area contributed by atoms with Crippen LogP contribution in [-0.4, -0.2) is 53.5 Å². The monoisotopic (exact) mass is 463 g/mol. The summed E-state index contributed by atoms with van der Waals surface area (Å²) >= 11 is 18.2. The van der Waals surface area contributed by atoms with E-state index in [9.17, 15) is 4.79 Å². The number of fused-ring (bicyclic) bond motifs is 1. The molecular weight excluding hydrogens is 445 g/mol. The summed E-state index contributed by atoms with van der Waals surface area (Å²) in [5.74, 6) is 0.322. The van der Waals surface area contributed by atoms with Gasteiger partial charge in [0.2, 0.25) is 5.88 Å². The third kappa shape index (κ3) is 5.16. The van der Waals surface area contributed by atoms with Crippen molar-refractivity contribution in [1.29, 1.82) is 0 Å². The van der Waals surface area contributed by atoms with Crippen molar-refractivity contribution >= 4 is 51.6 Å². The highest BCUT2D eigenvalue weighted by atomic mass is 35.5. The van der Waals surface area contributed by atoms with E-state index in [4.69, 9.17) is 39.5 Å². The van der Waals surface area contributed by atoms with E-state index in [0.717, 1.165) is 30.0 Å². The Morgan fingerprint density at radius 3 is 2.40 bits per heavy atom. The van der Waals surface area contributed by atoms with Gasteiger partial charge in [-0.05, 0) is 35.9 Å². The molecule has 0 saturated carbocycles. The van der Waals surface area contributed by atoms with Gasteiger partial charge in [-0.1, -0.05) is 46.9 Å². The number of pyridine rings is 1. The lowest BCUT2D eigenvalue weighted by Gasteiger charge is -2.34. The van der Waals surface area contributed by atoms with E-state index in [-0.39, 0.29) is 12.5 Å². The second-order valence-electron chi connectivity index (χ2n) is 7.18. The summed E-state index contributed by atoms with van der Waals surface area (Å²) in [5, 5.41) is 2.56. The van der Waals surface area contributed by atoms with Gasteiger partial charge in [0.25, 0.3) is 5.91 Å². The highest BCUT2D eigenvalue weighted by Crippen LogP contribution is 2.28. The molecule has 4 rings (SSSR count). The maximum atomic E-state index is 12.5. The fraction of sp³-hybridized carbons (Fsp3) is 0.273. The van der Waals surface area contributed by atoms with Crippen LogP contribution >= 0.6 is 34.8 Å². The number of carbonyl (C=O) groups excluding carboxylic acids is 1. The van der Waals surface area contributed by atoms with Crippen LogP contribution in [0.25, 0.3) is 10.9 Å². The molecular formula is C22H20Cl3N3O2. The van der Waals surface area contributed by atoms with E-state index in [2.05, 4.69) is 9.88 Å². The third-order valence-electron chi connectivity index (χ3n) is 5.08. The van der Waals surface area contributed by atoms with Gasteiger partial charge in [-0.2, -0.15) is 0 Å². The number of rotatable bonds is 5. The van der Waals surface area contributed by atoms with Crippen LogP contribution in [0.1, 0.15) is 5.56 Å². The molecule has 0 unspecified atom stereocenters. The molecule has 5 nitrogen and oxygen atoms in total. The molecule has 0 radical (unpaired) electrons. The lowest BCUT2D eigenvalue weighted by atomic mass is 10.2. The Kier molecular flexibility index (Phi) is 6.64. The molecule has 0 aliphatic carbocycles. The van der Waals surface area contributed by atoms with E-state index >= 15 is 0 Å².